The summed E-state index contributed by atoms with van der Waals surface area (Å²) in [6.45, 7) is 0. The molecule has 1 atom stereocenters. The van der Waals surface area contributed by atoms with Gasteiger partial charge in [-0.1, -0.05) is 44.9 Å². The molecule has 2 rings (SSSR count). The standard InChI is InChI=1S/C14H27N/c1-15-14(13-9-6-10-13)11-12-7-4-2-3-5-8-12/h12-15H,2-11H2,1H3. The van der Waals surface area contributed by atoms with Crippen LogP contribution in [0.15, 0.2) is 0 Å². The largest absolute Gasteiger partial charge is 0.317 e. The molecule has 0 spiro atoms. The van der Waals surface area contributed by atoms with E-state index in [1.54, 1.807) is 0 Å². The molecule has 1 nitrogen and oxygen atoms in total. The quantitative estimate of drug-likeness (QED) is 0.696. The predicted molar refractivity (Wildman–Crippen MR) is 66.0 cm³/mol. The van der Waals surface area contributed by atoms with Crippen molar-refractivity contribution in [3.8, 4) is 0 Å². The zero-order chi connectivity index (χ0) is 10.5. The van der Waals surface area contributed by atoms with Gasteiger partial charge in [-0.25, -0.2) is 0 Å². The van der Waals surface area contributed by atoms with E-state index in [1.807, 2.05) is 0 Å². The molecule has 0 saturated heterocycles. The molecule has 88 valence electrons. The molecular weight excluding hydrogens is 182 g/mol. The van der Waals surface area contributed by atoms with E-state index in [0.29, 0.717) is 0 Å². The maximum absolute atomic E-state index is 3.57. The summed E-state index contributed by atoms with van der Waals surface area (Å²) in [6.07, 6.45) is 14.9. The Morgan fingerprint density at radius 2 is 1.60 bits per heavy atom. The molecule has 2 fully saturated rings. The molecule has 0 amide bonds. The minimum Gasteiger partial charge on any atom is -0.317 e. The van der Waals surface area contributed by atoms with Crippen LogP contribution in [0.25, 0.3) is 0 Å². The average molecular weight is 209 g/mol. The Hall–Kier alpha value is -0.0400. The third kappa shape index (κ3) is 3.21. The van der Waals surface area contributed by atoms with Gasteiger partial charge in [0.2, 0.25) is 0 Å². The molecule has 2 aliphatic carbocycles. The number of rotatable bonds is 4. The van der Waals surface area contributed by atoms with E-state index < -0.39 is 0 Å². The fraction of sp³-hybridized carbons (Fsp3) is 1.00. The van der Waals surface area contributed by atoms with Crippen LogP contribution in [0.2, 0.25) is 0 Å². The first-order valence-electron chi connectivity index (χ1n) is 7.07. The van der Waals surface area contributed by atoms with Crippen LogP contribution in [0.5, 0.6) is 0 Å². The first-order valence-corrected chi connectivity index (χ1v) is 7.07. The summed E-state index contributed by atoms with van der Waals surface area (Å²) in [5, 5.41) is 3.57. The number of hydrogen-bond acceptors (Lipinski definition) is 1. The predicted octanol–water partition coefficient (Wildman–Crippen LogP) is 3.74. The van der Waals surface area contributed by atoms with E-state index in [4.69, 9.17) is 0 Å². The zero-order valence-corrected chi connectivity index (χ0v) is 10.3. The molecule has 0 aromatic rings. The lowest BCUT2D eigenvalue weighted by Gasteiger charge is -2.35. The summed E-state index contributed by atoms with van der Waals surface area (Å²) in [7, 11) is 2.17. The molecule has 15 heavy (non-hydrogen) atoms. The van der Waals surface area contributed by atoms with Gasteiger partial charge in [0.25, 0.3) is 0 Å². The highest BCUT2D eigenvalue weighted by atomic mass is 14.9. The second-order valence-electron chi connectivity index (χ2n) is 5.68. The lowest BCUT2D eigenvalue weighted by molar-refractivity contribution is 0.201. The molecule has 0 aromatic heterocycles. The second-order valence-corrected chi connectivity index (χ2v) is 5.68. The highest BCUT2D eigenvalue weighted by Crippen LogP contribution is 2.35. The SMILES string of the molecule is CNC(CC1CCCCCC1)C1CCC1. The lowest BCUT2D eigenvalue weighted by atomic mass is 9.76. The van der Waals surface area contributed by atoms with Crippen molar-refractivity contribution in [2.24, 2.45) is 11.8 Å². The summed E-state index contributed by atoms with van der Waals surface area (Å²) < 4.78 is 0. The third-order valence-corrected chi connectivity index (χ3v) is 4.65. The fourth-order valence-electron chi connectivity index (χ4n) is 3.35. The minimum atomic E-state index is 0.835. The molecule has 0 bridgehead atoms. The first kappa shape index (κ1) is 11.4. The van der Waals surface area contributed by atoms with Crippen molar-refractivity contribution in [3.05, 3.63) is 0 Å². The summed E-state index contributed by atoms with van der Waals surface area (Å²) in [5.74, 6) is 2.05. The lowest BCUT2D eigenvalue weighted by Crippen LogP contribution is -2.38. The minimum absolute atomic E-state index is 0.835. The van der Waals surface area contributed by atoms with Crippen LogP contribution in [0.3, 0.4) is 0 Å². The van der Waals surface area contributed by atoms with E-state index >= 15 is 0 Å². The van der Waals surface area contributed by atoms with Gasteiger partial charge in [-0.3, -0.25) is 0 Å². The highest BCUT2D eigenvalue weighted by Gasteiger charge is 2.28. The monoisotopic (exact) mass is 209 g/mol. The third-order valence-electron chi connectivity index (χ3n) is 4.65. The Morgan fingerprint density at radius 3 is 2.07 bits per heavy atom. The van der Waals surface area contributed by atoms with Crippen LogP contribution in [0.4, 0.5) is 0 Å². The highest BCUT2D eigenvalue weighted by molar-refractivity contribution is 4.84. The maximum atomic E-state index is 3.57. The van der Waals surface area contributed by atoms with Gasteiger partial charge in [-0.05, 0) is 38.1 Å². The van der Waals surface area contributed by atoms with Gasteiger partial charge in [0, 0.05) is 6.04 Å². The molecule has 1 heteroatoms. The summed E-state index contributed by atoms with van der Waals surface area (Å²) >= 11 is 0. The molecule has 0 heterocycles. The van der Waals surface area contributed by atoms with Crippen molar-refractivity contribution in [2.75, 3.05) is 7.05 Å². The topological polar surface area (TPSA) is 12.0 Å². The zero-order valence-electron chi connectivity index (χ0n) is 10.3. The van der Waals surface area contributed by atoms with Crippen molar-refractivity contribution >= 4 is 0 Å². The van der Waals surface area contributed by atoms with E-state index in [1.165, 1.54) is 64.2 Å². The van der Waals surface area contributed by atoms with Crippen LogP contribution in [-0.4, -0.2) is 13.1 Å². The fourth-order valence-corrected chi connectivity index (χ4v) is 3.35. The second kappa shape index (κ2) is 5.89. The van der Waals surface area contributed by atoms with Crippen LogP contribution >= 0.6 is 0 Å². The Morgan fingerprint density at radius 1 is 0.933 bits per heavy atom. The van der Waals surface area contributed by atoms with Gasteiger partial charge in [-0.15, -0.1) is 0 Å². The van der Waals surface area contributed by atoms with Crippen LogP contribution in [0, 0.1) is 11.8 Å². The van der Waals surface area contributed by atoms with E-state index in [2.05, 4.69) is 12.4 Å². The van der Waals surface area contributed by atoms with Crippen molar-refractivity contribution in [2.45, 2.75) is 70.3 Å². The molecule has 2 aliphatic rings. The smallest absolute Gasteiger partial charge is 0.00949 e. The van der Waals surface area contributed by atoms with Gasteiger partial charge in [0.15, 0.2) is 0 Å². The summed E-state index contributed by atoms with van der Waals surface area (Å²) in [4.78, 5) is 0. The van der Waals surface area contributed by atoms with Crippen molar-refractivity contribution < 1.29 is 0 Å². The number of nitrogens with one attached hydrogen (secondary N) is 1. The van der Waals surface area contributed by atoms with Crippen LogP contribution in [0.1, 0.15) is 64.2 Å². The van der Waals surface area contributed by atoms with Gasteiger partial charge in [0.1, 0.15) is 0 Å². The molecule has 0 radical (unpaired) electrons. The Labute approximate surface area is 95.0 Å². The maximum Gasteiger partial charge on any atom is 0.00949 e. The van der Waals surface area contributed by atoms with Crippen molar-refractivity contribution in [1.82, 2.24) is 5.32 Å². The van der Waals surface area contributed by atoms with Gasteiger partial charge in [0.05, 0.1) is 0 Å². The average Bonchev–Trinajstić information content (AvgIpc) is 2.42. The van der Waals surface area contributed by atoms with Crippen LogP contribution in [-0.2, 0) is 0 Å². The number of hydrogen-bond donors (Lipinski definition) is 1. The molecular formula is C14H27N. The van der Waals surface area contributed by atoms with E-state index in [-0.39, 0.29) is 0 Å². The molecule has 0 aliphatic heterocycles. The summed E-state index contributed by atoms with van der Waals surface area (Å²) in [6, 6.07) is 0.835. The molecule has 2 saturated carbocycles. The molecule has 1 N–H and O–H groups in total. The van der Waals surface area contributed by atoms with Crippen molar-refractivity contribution in [3.63, 3.8) is 0 Å². The molecule has 1 unspecified atom stereocenters. The van der Waals surface area contributed by atoms with Crippen molar-refractivity contribution in [1.29, 1.82) is 0 Å². The molecule has 0 aromatic carbocycles. The van der Waals surface area contributed by atoms with Gasteiger partial charge < -0.3 is 5.32 Å². The van der Waals surface area contributed by atoms with Crippen LogP contribution < -0.4 is 5.32 Å². The van der Waals surface area contributed by atoms with Gasteiger partial charge in [-0.2, -0.15) is 0 Å². The Bertz CT molecular complexity index is 166. The van der Waals surface area contributed by atoms with E-state index in [0.717, 1.165) is 17.9 Å². The normalized spacial score (nSPS) is 27.0. The van der Waals surface area contributed by atoms with E-state index in [9.17, 15) is 0 Å². The first-order chi connectivity index (χ1) is 7.40. The Balaban J connectivity index is 1.76. The Kier molecular flexibility index (Phi) is 4.49. The summed E-state index contributed by atoms with van der Waals surface area (Å²) in [5.41, 5.74) is 0. The van der Waals surface area contributed by atoms with Gasteiger partial charge >= 0.3 is 0 Å².